The van der Waals surface area contributed by atoms with E-state index in [1.165, 1.54) is 0 Å². The normalized spacial score (nSPS) is 11.7. The topological polar surface area (TPSA) is 186 Å². The highest BCUT2D eigenvalue weighted by molar-refractivity contribution is 5.90. The fourth-order valence-electron chi connectivity index (χ4n) is 3.25. The van der Waals surface area contributed by atoms with Crippen molar-refractivity contribution in [2.24, 2.45) is 5.73 Å². The smallest absolute Gasteiger partial charge is 0.420 e. The van der Waals surface area contributed by atoms with Gasteiger partial charge in [-0.25, -0.2) is 14.5 Å². The molecule has 38 heavy (non-hydrogen) atoms. The van der Waals surface area contributed by atoms with E-state index in [4.69, 9.17) is 35.7 Å². The molecule has 6 N–H and O–H groups in total. The SMILES string of the molecule is CC(C)(C)OC(=O)N(Cc1ccc2onc(N)c2c1)C(=O)OC(C)(C)C.NCc1ccc2onc(N)c2c1. The summed E-state index contributed by atoms with van der Waals surface area (Å²) in [6, 6.07) is 10.7. The minimum absolute atomic E-state index is 0.0373. The largest absolute Gasteiger partial charge is 0.443 e. The highest BCUT2D eigenvalue weighted by Crippen LogP contribution is 2.24. The van der Waals surface area contributed by atoms with Gasteiger partial charge >= 0.3 is 12.2 Å². The second-order valence-electron chi connectivity index (χ2n) is 10.5. The van der Waals surface area contributed by atoms with Crippen LogP contribution in [0.2, 0.25) is 0 Å². The summed E-state index contributed by atoms with van der Waals surface area (Å²) in [5.74, 6) is 0.656. The molecule has 4 rings (SSSR count). The molecule has 0 saturated heterocycles. The van der Waals surface area contributed by atoms with Gasteiger partial charge in [-0.15, -0.1) is 0 Å². The van der Waals surface area contributed by atoms with Crippen LogP contribution in [0.1, 0.15) is 52.7 Å². The van der Waals surface area contributed by atoms with Crippen LogP contribution in [0.5, 0.6) is 0 Å². The van der Waals surface area contributed by atoms with Gasteiger partial charge in [0.15, 0.2) is 22.8 Å². The van der Waals surface area contributed by atoms with Gasteiger partial charge in [-0.1, -0.05) is 22.4 Å². The summed E-state index contributed by atoms with van der Waals surface area (Å²) in [5.41, 5.74) is 18.2. The van der Waals surface area contributed by atoms with E-state index in [0.717, 1.165) is 15.8 Å². The van der Waals surface area contributed by atoms with Crippen LogP contribution in [0.15, 0.2) is 45.4 Å². The van der Waals surface area contributed by atoms with Crippen molar-refractivity contribution in [2.45, 2.75) is 65.8 Å². The van der Waals surface area contributed by atoms with Gasteiger partial charge in [0, 0.05) is 6.54 Å². The van der Waals surface area contributed by atoms with Crippen molar-refractivity contribution < 1.29 is 28.1 Å². The van der Waals surface area contributed by atoms with E-state index in [2.05, 4.69) is 10.3 Å². The van der Waals surface area contributed by atoms with Crippen LogP contribution in [-0.4, -0.2) is 38.6 Å². The molecule has 0 atom stereocenters. The zero-order chi connectivity index (χ0) is 28.3. The summed E-state index contributed by atoms with van der Waals surface area (Å²) in [6.45, 7) is 10.8. The number of carbonyl (C=O) groups excluding carboxylic acids is 2. The Morgan fingerprint density at radius 1 is 0.789 bits per heavy atom. The maximum atomic E-state index is 12.5. The summed E-state index contributed by atoms with van der Waals surface area (Å²) in [5, 5.41) is 8.76. The second kappa shape index (κ2) is 11.0. The predicted octanol–water partition coefficient (Wildman–Crippen LogP) is 4.95. The minimum atomic E-state index is -0.787. The van der Waals surface area contributed by atoms with Crippen LogP contribution < -0.4 is 17.2 Å². The first-order chi connectivity index (χ1) is 17.7. The number of ether oxygens (including phenoxy) is 2. The molecule has 12 nitrogen and oxygen atoms in total. The number of amides is 2. The van der Waals surface area contributed by atoms with E-state index in [-0.39, 0.29) is 12.4 Å². The van der Waals surface area contributed by atoms with Gasteiger partial charge in [-0.2, -0.15) is 0 Å². The van der Waals surface area contributed by atoms with E-state index in [9.17, 15) is 9.59 Å². The molecule has 0 aliphatic carbocycles. The Morgan fingerprint density at radius 2 is 1.21 bits per heavy atom. The Kier molecular flexibility index (Phi) is 8.16. The zero-order valence-corrected chi connectivity index (χ0v) is 22.4. The maximum Gasteiger partial charge on any atom is 0.420 e. The summed E-state index contributed by atoms with van der Waals surface area (Å²) >= 11 is 0. The third kappa shape index (κ3) is 7.35. The summed E-state index contributed by atoms with van der Waals surface area (Å²) in [7, 11) is 0. The molecule has 12 heteroatoms. The summed E-state index contributed by atoms with van der Waals surface area (Å²) in [6.07, 6.45) is -1.57. The molecule has 2 aromatic carbocycles. The fraction of sp³-hybridized carbons (Fsp3) is 0.385. The molecule has 0 saturated carbocycles. The fourth-order valence-corrected chi connectivity index (χ4v) is 3.25. The van der Waals surface area contributed by atoms with Crippen molar-refractivity contribution in [3.63, 3.8) is 0 Å². The molecule has 2 aromatic heterocycles. The molecule has 0 aliphatic rings. The molecule has 0 bridgehead atoms. The number of nitrogen functional groups attached to an aromatic ring is 2. The highest BCUT2D eigenvalue weighted by atomic mass is 16.6. The molecular formula is C26H34N6O6. The van der Waals surface area contributed by atoms with Crippen molar-refractivity contribution in [3.05, 3.63) is 47.5 Å². The molecule has 0 fully saturated rings. The monoisotopic (exact) mass is 526 g/mol. The average molecular weight is 527 g/mol. The highest BCUT2D eigenvalue weighted by Gasteiger charge is 2.31. The molecule has 2 amide bonds. The van der Waals surface area contributed by atoms with Gasteiger partial charge in [0.05, 0.1) is 17.3 Å². The Labute approximate surface area is 219 Å². The lowest BCUT2D eigenvalue weighted by Gasteiger charge is -2.28. The van der Waals surface area contributed by atoms with Crippen LogP contribution in [0.3, 0.4) is 0 Å². The third-order valence-corrected chi connectivity index (χ3v) is 4.93. The van der Waals surface area contributed by atoms with Crippen molar-refractivity contribution in [2.75, 3.05) is 11.5 Å². The van der Waals surface area contributed by atoms with Crippen LogP contribution >= 0.6 is 0 Å². The molecule has 0 aliphatic heterocycles. The standard InChI is InChI=1S/C18H25N3O5.C8H9N3O/c1-17(2,3)24-15(22)21(16(23)25-18(4,5)6)10-11-7-8-13-12(9-11)14(19)20-26-13;9-4-5-1-2-7-6(3-5)8(10)11-12-7/h7-9H,10H2,1-6H3,(H2,19,20);1-3H,4,9H2,(H2,10,11). The van der Waals surface area contributed by atoms with Gasteiger partial charge in [0.25, 0.3) is 0 Å². The van der Waals surface area contributed by atoms with Crippen LogP contribution in [0, 0.1) is 0 Å². The number of hydrogen-bond donors (Lipinski definition) is 3. The lowest BCUT2D eigenvalue weighted by Crippen LogP contribution is -2.43. The van der Waals surface area contributed by atoms with E-state index < -0.39 is 23.4 Å². The Bertz CT molecular complexity index is 1400. The van der Waals surface area contributed by atoms with Crippen LogP contribution in [0.4, 0.5) is 21.2 Å². The molecule has 4 aromatic rings. The Morgan fingerprint density at radius 3 is 1.63 bits per heavy atom. The lowest BCUT2D eigenvalue weighted by atomic mass is 10.1. The van der Waals surface area contributed by atoms with Gasteiger partial charge < -0.3 is 35.7 Å². The zero-order valence-electron chi connectivity index (χ0n) is 22.4. The maximum absolute atomic E-state index is 12.5. The van der Waals surface area contributed by atoms with E-state index >= 15 is 0 Å². The number of aromatic nitrogens is 2. The molecule has 2 heterocycles. The number of nitrogens with two attached hydrogens (primary N) is 3. The number of rotatable bonds is 3. The van der Waals surface area contributed by atoms with Crippen molar-refractivity contribution in [3.8, 4) is 0 Å². The average Bonchev–Trinajstić information content (AvgIpc) is 3.37. The van der Waals surface area contributed by atoms with Crippen LogP contribution in [0.25, 0.3) is 21.9 Å². The molecular weight excluding hydrogens is 492 g/mol. The Balaban J connectivity index is 0.000000275. The van der Waals surface area contributed by atoms with Crippen molar-refractivity contribution in [1.82, 2.24) is 15.2 Å². The number of imide groups is 1. The van der Waals surface area contributed by atoms with Gasteiger partial charge in [0.1, 0.15) is 11.2 Å². The predicted molar refractivity (Wildman–Crippen MR) is 143 cm³/mol. The molecule has 204 valence electrons. The van der Waals surface area contributed by atoms with E-state index in [1.807, 2.05) is 18.2 Å². The van der Waals surface area contributed by atoms with E-state index in [1.54, 1.807) is 59.7 Å². The van der Waals surface area contributed by atoms with Crippen molar-refractivity contribution in [1.29, 1.82) is 0 Å². The summed E-state index contributed by atoms with van der Waals surface area (Å²) < 4.78 is 20.7. The molecule has 0 radical (unpaired) electrons. The summed E-state index contributed by atoms with van der Waals surface area (Å²) in [4.78, 5) is 26.0. The molecule has 0 unspecified atom stereocenters. The van der Waals surface area contributed by atoms with E-state index in [0.29, 0.717) is 34.5 Å². The van der Waals surface area contributed by atoms with Crippen LogP contribution in [-0.2, 0) is 22.6 Å². The van der Waals surface area contributed by atoms with Gasteiger partial charge in [0.2, 0.25) is 0 Å². The first kappa shape index (κ1) is 28.3. The number of fused-ring (bicyclic) bond motifs is 2. The second-order valence-corrected chi connectivity index (χ2v) is 10.5. The quantitative estimate of drug-likeness (QED) is 0.328. The first-order valence-electron chi connectivity index (χ1n) is 11.9. The number of nitrogens with zero attached hydrogens (tertiary/aromatic N) is 3. The Hall–Kier alpha value is -4.32. The van der Waals surface area contributed by atoms with Gasteiger partial charge in [-0.3, -0.25) is 0 Å². The number of carbonyl (C=O) groups is 2. The number of anilines is 2. The third-order valence-electron chi connectivity index (χ3n) is 4.93. The minimum Gasteiger partial charge on any atom is -0.443 e. The van der Waals surface area contributed by atoms with Crippen molar-refractivity contribution >= 4 is 45.8 Å². The lowest BCUT2D eigenvalue weighted by molar-refractivity contribution is -0.000245. The number of benzene rings is 2. The number of hydrogen-bond acceptors (Lipinski definition) is 11. The first-order valence-corrected chi connectivity index (χ1v) is 11.9. The van der Waals surface area contributed by atoms with Gasteiger partial charge in [-0.05, 0) is 76.9 Å². The molecule has 0 spiro atoms.